The van der Waals surface area contributed by atoms with Gasteiger partial charge in [-0.2, -0.15) is 0 Å². The number of rotatable bonds is 5. The van der Waals surface area contributed by atoms with E-state index in [4.69, 9.17) is 0 Å². The Balaban J connectivity index is 1.57. The van der Waals surface area contributed by atoms with Crippen LogP contribution in [0.5, 0.6) is 0 Å². The molecule has 0 unspecified atom stereocenters. The fourth-order valence-electron chi connectivity index (χ4n) is 3.99. The summed E-state index contributed by atoms with van der Waals surface area (Å²) in [5, 5.41) is 14.5. The van der Waals surface area contributed by atoms with Gasteiger partial charge >= 0.3 is 5.97 Å². The standard InChI is InChI=1S/C22H23N3O2S/c26-21(27)19-9-5-4-8-18(19)16-12-10-15(11-13-16)14-20-23-22(28)24-25(20)17-6-2-1-3-7-17/h4-5,8-13,17H,1-3,6-7,14H2,(H,24,28)(H,26,27). The van der Waals surface area contributed by atoms with Crippen LogP contribution in [0.25, 0.3) is 11.1 Å². The van der Waals surface area contributed by atoms with E-state index in [0.717, 1.165) is 35.4 Å². The molecule has 0 saturated heterocycles. The zero-order valence-electron chi connectivity index (χ0n) is 15.6. The molecule has 1 aromatic heterocycles. The normalized spacial score (nSPS) is 14.9. The minimum atomic E-state index is -0.915. The summed E-state index contributed by atoms with van der Waals surface area (Å²) < 4.78 is 2.06. The van der Waals surface area contributed by atoms with Crippen LogP contribution in [0.4, 0.5) is 0 Å². The fraction of sp³-hybridized carbons (Fsp3) is 0.318. The molecule has 28 heavy (non-hydrogen) atoms. The summed E-state index contributed by atoms with van der Waals surface area (Å²) in [4.78, 5) is 16.0. The van der Waals surface area contributed by atoms with E-state index in [-0.39, 0.29) is 0 Å². The van der Waals surface area contributed by atoms with Crippen molar-refractivity contribution in [2.75, 3.05) is 0 Å². The van der Waals surface area contributed by atoms with Gasteiger partial charge in [0.05, 0.1) is 11.6 Å². The Kier molecular flexibility index (Phi) is 5.48. The minimum absolute atomic E-state index is 0.312. The molecule has 0 atom stereocenters. The van der Waals surface area contributed by atoms with E-state index < -0.39 is 5.97 Å². The highest BCUT2D eigenvalue weighted by Gasteiger charge is 2.20. The second kappa shape index (κ2) is 8.19. The third-order valence-electron chi connectivity index (χ3n) is 5.40. The Hall–Kier alpha value is -2.60. The zero-order valence-corrected chi connectivity index (χ0v) is 16.5. The van der Waals surface area contributed by atoms with Crippen LogP contribution in [0.2, 0.25) is 0 Å². The molecule has 1 fully saturated rings. The molecule has 3 aromatic rings. The van der Waals surface area contributed by atoms with Crippen LogP contribution >= 0.6 is 12.6 Å². The molecule has 2 aromatic carbocycles. The SMILES string of the molecule is O=C(O)c1ccccc1-c1ccc(Cc2nc(S)nn2C2CCCCC2)cc1. The first-order valence-electron chi connectivity index (χ1n) is 9.68. The number of thiol groups is 1. The monoisotopic (exact) mass is 393 g/mol. The fourth-order valence-corrected chi connectivity index (χ4v) is 4.20. The third kappa shape index (κ3) is 3.97. The van der Waals surface area contributed by atoms with Crippen LogP contribution in [0.1, 0.15) is 59.9 Å². The Morgan fingerprint density at radius 2 is 1.79 bits per heavy atom. The van der Waals surface area contributed by atoms with E-state index in [9.17, 15) is 9.90 Å². The molecular weight excluding hydrogens is 370 g/mol. The van der Waals surface area contributed by atoms with Crippen molar-refractivity contribution in [3.63, 3.8) is 0 Å². The highest BCUT2D eigenvalue weighted by atomic mass is 32.1. The van der Waals surface area contributed by atoms with E-state index in [1.807, 2.05) is 36.4 Å². The van der Waals surface area contributed by atoms with Gasteiger partial charge in [0.2, 0.25) is 5.16 Å². The van der Waals surface area contributed by atoms with Crippen molar-refractivity contribution in [2.45, 2.75) is 49.7 Å². The number of hydrogen-bond donors (Lipinski definition) is 2. The van der Waals surface area contributed by atoms with Crippen LogP contribution in [0.15, 0.2) is 53.7 Å². The van der Waals surface area contributed by atoms with E-state index in [1.54, 1.807) is 12.1 Å². The molecule has 0 bridgehead atoms. The van der Waals surface area contributed by atoms with Gasteiger partial charge in [0.15, 0.2) is 0 Å². The van der Waals surface area contributed by atoms with Crippen molar-refractivity contribution >= 4 is 18.6 Å². The molecule has 0 spiro atoms. The number of nitrogens with zero attached hydrogens (tertiary/aromatic N) is 3. The summed E-state index contributed by atoms with van der Waals surface area (Å²) in [5.41, 5.74) is 3.05. The van der Waals surface area contributed by atoms with Gasteiger partial charge in [0.25, 0.3) is 0 Å². The zero-order chi connectivity index (χ0) is 19.5. The maximum absolute atomic E-state index is 11.5. The Bertz CT molecular complexity index is 976. The average molecular weight is 394 g/mol. The van der Waals surface area contributed by atoms with E-state index in [2.05, 4.69) is 27.4 Å². The second-order valence-corrected chi connectivity index (χ2v) is 7.69. The molecule has 1 saturated carbocycles. The molecule has 1 aliphatic carbocycles. The van der Waals surface area contributed by atoms with Crippen molar-refractivity contribution in [3.05, 3.63) is 65.5 Å². The van der Waals surface area contributed by atoms with Crippen LogP contribution in [-0.4, -0.2) is 25.8 Å². The van der Waals surface area contributed by atoms with Gasteiger partial charge in [-0.3, -0.25) is 0 Å². The van der Waals surface area contributed by atoms with Crippen molar-refractivity contribution in [1.29, 1.82) is 0 Å². The van der Waals surface area contributed by atoms with Crippen LogP contribution in [-0.2, 0) is 6.42 Å². The molecule has 1 heterocycles. The van der Waals surface area contributed by atoms with Crippen LogP contribution in [0.3, 0.4) is 0 Å². The van der Waals surface area contributed by atoms with Gasteiger partial charge in [0, 0.05) is 6.42 Å². The smallest absolute Gasteiger partial charge is 0.336 e. The Labute approximate surface area is 169 Å². The lowest BCUT2D eigenvalue weighted by Gasteiger charge is -2.23. The molecular formula is C22H23N3O2S. The van der Waals surface area contributed by atoms with Gasteiger partial charge in [-0.05, 0) is 35.6 Å². The van der Waals surface area contributed by atoms with Crippen molar-refractivity contribution in [2.24, 2.45) is 0 Å². The quantitative estimate of drug-likeness (QED) is 0.597. The topological polar surface area (TPSA) is 68.0 Å². The number of aromatic nitrogens is 3. The molecule has 1 N–H and O–H groups in total. The number of aromatic carboxylic acids is 1. The Morgan fingerprint density at radius 1 is 1.07 bits per heavy atom. The summed E-state index contributed by atoms with van der Waals surface area (Å²) in [7, 11) is 0. The van der Waals surface area contributed by atoms with Crippen molar-refractivity contribution in [3.8, 4) is 11.1 Å². The first-order chi connectivity index (χ1) is 13.6. The lowest BCUT2D eigenvalue weighted by Crippen LogP contribution is -2.17. The average Bonchev–Trinajstić information content (AvgIpc) is 3.09. The maximum Gasteiger partial charge on any atom is 0.336 e. The van der Waals surface area contributed by atoms with Gasteiger partial charge in [-0.25, -0.2) is 14.5 Å². The molecule has 0 radical (unpaired) electrons. The van der Waals surface area contributed by atoms with Crippen LogP contribution < -0.4 is 0 Å². The molecule has 144 valence electrons. The lowest BCUT2D eigenvalue weighted by molar-refractivity contribution is 0.0697. The number of benzene rings is 2. The van der Waals surface area contributed by atoms with Crippen LogP contribution in [0, 0.1) is 0 Å². The van der Waals surface area contributed by atoms with Gasteiger partial charge in [-0.1, -0.05) is 61.7 Å². The van der Waals surface area contributed by atoms with Gasteiger partial charge < -0.3 is 5.11 Å². The molecule has 4 rings (SSSR count). The number of hydrogen-bond acceptors (Lipinski definition) is 4. The molecule has 1 aliphatic rings. The summed E-state index contributed by atoms with van der Waals surface area (Å²) in [6, 6.07) is 15.5. The first-order valence-corrected chi connectivity index (χ1v) is 10.1. The van der Waals surface area contributed by atoms with Crippen molar-refractivity contribution < 1.29 is 9.90 Å². The lowest BCUT2D eigenvalue weighted by atomic mass is 9.95. The van der Waals surface area contributed by atoms with E-state index in [0.29, 0.717) is 23.2 Å². The van der Waals surface area contributed by atoms with Crippen molar-refractivity contribution in [1.82, 2.24) is 14.8 Å². The second-order valence-electron chi connectivity index (χ2n) is 7.29. The summed E-state index contributed by atoms with van der Waals surface area (Å²) in [5.74, 6) is 0.0251. The van der Waals surface area contributed by atoms with Gasteiger partial charge in [0.1, 0.15) is 5.82 Å². The summed E-state index contributed by atoms with van der Waals surface area (Å²) >= 11 is 4.36. The predicted molar refractivity (Wildman–Crippen MR) is 111 cm³/mol. The molecule has 5 nitrogen and oxygen atoms in total. The first kappa shape index (κ1) is 18.7. The predicted octanol–water partition coefficient (Wildman–Crippen LogP) is 5.03. The summed E-state index contributed by atoms with van der Waals surface area (Å²) in [6.45, 7) is 0. The Morgan fingerprint density at radius 3 is 2.50 bits per heavy atom. The summed E-state index contributed by atoms with van der Waals surface area (Å²) in [6.07, 6.45) is 6.76. The highest BCUT2D eigenvalue weighted by molar-refractivity contribution is 7.80. The highest BCUT2D eigenvalue weighted by Crippen LogP contribution is 2.30. The maximum atomic E-state index is 11.5. The largest absolute Gasteiger partial charge is 0.478 e. The van der Waals surface area contributed by atoms with E-state index in [1.165, 1.54) is 19.3 Å². The molecule has 0 amide bonds. The molecule has 0 aliphatic heterocycles. The van der Waals surface area contributed by atoms with E-state index >= 15 is 0 Å². The number of carbonyl (C=O) groups is 1. The molecule has 6 heteroatoms. The number of carboxylic acids is 1. The number of carboxylic acid groups (broad SMARTS) is 1. The minimum Gasteiger partial charge on any atom is -0.478 e. The van der Waals surface area contributed by atoms with Gasteiger partial charge in [-0.15, -0.1) is 17.7 Å². The third-order valence-corrected chi connectivity index (χ3v) is 5.59.